The van der Waals surface area contributed by atoms with Crippen LogP contribution in [-0.2, 0) is 0 Å². The molecule has 0 atom stereocenters. The van der Waals surface area contributed by atoms with Crippen LogP contribution < -0.4 is 14.4 Å². The predicted molar refractivity (Wildman–Crippen MR) is 102 cm³/mol. The molecule has 0 spiro atoms. The second kappa shape index (κ2) is 6.86. The lowest BCUT2D eigenvalue weighted by Gasteiger charge is -2.28. The Morgan fingerprint density at radius 3 is 2.42 bits per heavy atom. The van der Waals surface area contributed by atoms with E-state index in [1.165, 1.54) is 19.3 Å². The standard InChI is InChI=1S/C20H24N4O2/c1-14-11-20(23-9-5-4-6-10-23)24-19(21-14)13-16(22-24)15-7-8-17(25-2)18(12-15)26-3/h7-8,11-13H,4-6,9-10H2,1-3H3. The molecule has 1 aromatic carbocycles. The Balaban J connectivity index is 1.80. The molecule has 1 aliphatic rings. The van der Waals surface area contributed by atoms with Crippen molar-refractivity contribution in [2.24, 2.45) is 0 Å². The van der Waals surface area contributed by atoms with E-state index in [0.29, 0.717) is 11.5 Å². The molecule has 1 fully saturated rings. The Kier molecular flexibility index (Phi) is 4.41. The van der Waals surface area contributed by atoms with Gasteiger partial charge in [-0.3, -0.25) is 0 Å². The number of piperidine rings is 1. The van der Waals surface area contributed by atoms with Crippen molar-refractivity contribution in [2.45, 2.75) is 26.2 Å². The summed E-state index contributed by atoms with van der Waals surface area (Å²) in [4.78, 5) is 7.08. The van der Waals surface area contributed by atoms with E-state index in [1.54, 1.807) is 14.2 Å². The van der Waals surface area contributed by atoms with E-state index in [0.717, 1.165) is 41.5 Å². The van der Waals surface area contributed by atoms with Crippen LogP contribution in [-0.4, -0.2) is 41.9 Å². The van der Waals surface area contributed by atoms with Crippen molar-refractivity contribution in [3.63, 3.8) is 0 Å². The number of ether oxygens (including phenoxy) is 2. The van der Waals surface area contributed by atoms with Crippen LogP contribution in [0.4, 0.5) is 5.82 Å². The molecule has 3 heterocycles. The summed E-state index contributed by atoms with van der Waals surface area (Å²) >= 11 is 0. The minimum atomic E-state index is 0.697. The molecule has 2 aromatic heterocycles. The van der Waals surface area contributed by atoms with Gasteiger partial charge in [0.2, 0.25) is 0 Å². The molecular formula is C20H24N4O2. The maximum Gasteiger partial charge on any atom is 0.161 e. The Morgan fingerprint density at radius 2 is 1.69 bits per heavy atom. The Labute approximate surface area is 153 Å². The molecule has 1 aliphatic heterocycles. The first-order valence-corrected chi connectivity index (χ1v) is 9.04. The van der Waals surface area contributed by atoms with E-state index in [4.69, 9.17) is 14.6 Å². The van der Waals surface area contributed by atoms with Crippen LogP contribution in [0.1, 0.15) is 25.0 Å². The van der Waals surface area contributed by atoms with Gasteiger partial charge in [-0.25, -0.2) is 4.98 Å². The highest BCUT2D eigenvalue weighted by Crippen LogP contribution is 2.32. The monoisotopic (exact) mass is 352 g/mol. The van der Waals surface area contributed by atoms with Gasteiger partial charge in [0.1, 0.15) is 5.82 Å². The summed E-state index contributed by atoms with van der Waals surface area (Å²) in [6.45, 7) is 4.19. The normalized spacial score (nSPS) is 14.7. The molecule has 1 saturated heterocycles. The number of fused-ring (bicyclic) bond motifs is 1. The van der Waals surface area contributed by atoms with Crippen molar-refractivity contribution in [2.75, 3.05) is 32.2 Å². The van der Waals surface area contributed by atoms with Crippen LogP contribution in [0.3, 0.4) is 0 Å². The van der Waals surface area contributed by atoms with Crippen molar-refractivity contribution < 1.29 is 9.47 Å². The summed E-state index contributed by atoms with van der Waals surface area (Å²) in [5, 5.41) is 4.85. The van der Waals surface area contributed by atoms with Crippen molar-refractivity contribution in [3.05, 3.63) is 36.0 Å². The maximum absolute atomic E-state index is 5.43. The minimum Gasteiger partial charge on any atom is -0.493 e. The van der Waals surface area contributed by atoms with Gasteiger partial charge in [0.15, 0.2) is 17.1 Å². The van der Waals surface area contributed by atoms with Crippen LogP contribution in [0.2, 0.25) is 0 Å². The lowest BCUT2D eigenvalue weighted by molar-refractivity contribution is 0.355. The SMILES string of the molecule is COc1ccc(-c2cc3nc(C)cc(N4CCCCC4)n3n2)cc1OC. The summed E-state index contributed by atoms with van der Waals surface area (Å²) in [5.74, 6) is 2.53. The second-order valence-electron chi connectivity index (χ2n) is 6.67. The van der Waals surface area contributed by atoms with Crippen molar-refractivity contribution >= 4 is 11.5 Å². The summed E-state index contributed by atoms with van der Waals surface area (Å²) < 4.78 is 12.7. The highest BCUT2D eigenvalue weighted by molar-refractivity contribution is 5.68. The van der Waals surface area contributed by atoms with Crippen LogP contribution in [0.25, 0.3) is 16.9 Å². The average Bonchev–Trinajstić information content (AvgIpc) is 3.11. The van der Waals surface area contributed by atoms with Gasteiger partial charge in [-0.15, -0.1) is 0 Å². The summed E-state index contributed by atoms with van der Waals surface area (Å²) in [6, 6.07) is 10.0. The quantitative estimate of drug-likeness (QED) is 0.716. The lowest BCUT2D eigenvalue weighted by Crippen LogP contribution is -2.31. The van der Waals surface area contributed by atoms with Crippen LogP contribution in [0, 0.1) is 6.92 Å². The third-order valence-electron chi connectivity index (χ3n) is 4.90. The molecule has 26 heavy (non-hydrogen) atoms. The van der Waals surface area contributed by atoms with Crippen LogP contribution in [0.15, 0.2) is 30.3 Å². The average molecular weight is 352 g/mol. The molecule has 0 bridgehead atoms. The highest BCUT2D eigenvalue weighted by Gasteiger charge is 2.17. The zero-order chi connectivity index (χ0) is 18.1. The third-order valence-corrected chi connectivity index (χ3v) is 4.90. The number of aromatic nitrogens is 3. The van der Waals surface area contributed by atoms with E-state index in [9.17, 15) is 0 Å². The highest BCUT2D eigenvalue weighted by atomic mass is 16.5. The van der Waals surface area contributed by atoms with Gasteiger partial charge in [0.25, 0.3) is 0 Å². The molecule has 0 aliphatic carbocycles. The molecule has 0 N–H and O–H groups in total. The summed E-state index contributed by atoms with van der Waals surface area (Å²) in [7, 11) is 3.28. The smallest absolute Gasteiger partial charge is 0.161 e. The lowest BCUT2D eigenvalue weighted by atomic mass is 10.1. The fourth-order valence-electron chi connectivity index (χ4n) is 3.57. The fourth-order valence-corrected chi connectivity index (χ4v) is 3.57. The molecule has 0 amide bonds. The fraction of sp³-hybridized carbons (Fsp3) is 0.400. The van der Waals surface area contributed by atoms with Gasteiger partial charge >= 0.3 is 0 Å². The zero-order valence-corrected chi connectivity index (χ0v) is 15.5. The van der Waals surface area contributed by atoms with E-state index >= 15 is 0 Å². The zero-order valence-electron chi connectivity index (χ0n) is 15.5. The van der Waals surface area contributed by atoms with Gasteiger partial charge in [-0.2, -0.15) is 9.61 Å². The van der Waals surface area contributed by atoms with E-state index < -0.39 is 0 Å². The molecule has 0 radical (unpaired) electrons. The molecular weight excluding hydrogens is 328 g/mol. The number of rotatable bonds is 4. The van der Waals surface area contributed by atoms with E-state index in [2.05, 4.69) is 16.0 Å². The van der Waals surface area contributed by atoms with E-state index in [-0.39, 0.29) is 0 Å². The first kappa shape index (κ1) is 16.7. The molecule has 6 nitrogen and oxygen atoms in total. The number of hydrogen-bond acceptors (Lipinski definition) is 5. The second-order valence-corrected chi connectivity index (χ2v) is 6.67. The van der Waals surface area contributed by atoms with Crippen molar-refractivity contribution in [1.29, 1.82) is 0 Å². The largest absolute Gasteiger partial charge is 0.493 e. The number of hydrogen-bond donors (Lipinski definition) is 0. The van der Waals surface area contributed by atoms with Crippen molar-refractivity contribution in [1.82, 2.24) is 14.6 Å². The van der Waals surface area contributed by atoms with Gasteiger partial charge in [0.05, 0.1) is 19.9 Å². The number of methoxy groups -OCH3 is 2. The molecule has 3 aromatic rings. The summed E-state index contributed by atoms with van der Waals surface area (Å²) in [6.07, 6.45) is 3.76. The van der Waals surface area contributed by atoms with Crippen molar-refractivity contribution in [3.8, 4) is 22.8 Å². The first-order valence-electron chi connectivity index (χ1n) is 9.04. The Morgan fingerprint density at radius 1 is 0.923 bits per heavy atom. The number of anilines is 1. The maximum atomic E-state index is 5.43. The molecule has 136 valence electrons. The van der Waals surface area contributed by atoms with Crippen LogP contribution >= 0.6 is 0 Å². The first-order chi connectivity index (χ1) is 12.7. The van der Waals surface area contributed by atoms with Gasteiger partial charge < -0.3 is 14.4 Å². The minimum absolute atomic E-state index is 0.697. The molecule has 0 unspecified atom stereocenters. The van der Waals surface area contributed by atoms with Gasteiger partial charge in [-0.05, 0) is 44.4 Å². The summed E-state index contributed by atoms with van der Waals surface area (Å²) in [5.41, 5.74) is 3.74. The molecule has 6 heteroatoms. The number of aryl methyl sites for hydroxylation is 1. The Bertz CT molecular complexity index is 929. The van der Waals surface area contributed by atoms with E-state index in [1.807, 2.05) is 35.7 Å². The molecule has 4 rings (SSSR count). The number of nitrogens with zero attached hydrogens (tertiary/aromatic N) is 4. The Hall–Kier alpha value is -2.76. The van der Waals surface area contributed by atoms with Gasteiger partial charge in [-0.1, -0.05) is 0 Å². The topological polar surface area (TPSA) is 51.9 Å². The molecule has 0 saturated carbocycles. The van der Waals surface area contributed by atoms with Gasteiger partial charge in [0, 0.05) is 36.5 Å². The number of benzene rings is 1. The van der Waals surface area contributed by atoms with Crippen LogP contribution in [0.5, 0.6) is 11.5 Å². The predicted octanol–water partition coefficient (Wildman–Crippen LogP) is 3.71. The third kappa shape index (κ3) is 2.96.